The van der Waals surface area contributed by atoms with Crippen molar-refractivity contribution in [2.45, 2.75) is 0 Å². The molecule has 202 valence electrons. The van der Waals surface area contributed by atoms with Crippen LogP contribution in [-0.4, -0.2) is 39.4 Å². The Morgan fingerprint density at radius 2 is 1.30 bits per heavy atom. The minimum atomic E-state index is -2.54. The molecule has 0 aliphatic carbocycles. The number of para-hydroxylation sites is 4. The molecule has 9 rings (SSSR count). The van der Waals surface area contributed by atoms with Crippen LogP contribution in [0.2, 0.25) is 0 Å². The van der Waals surface area contributed by atoms with Crippen LogP contribution < -0.4 is 16.2 Å². The zero-order valence-electron chi connectivity index (χ0n) is 22.8. The fraction of sp³-hybridized carbons (Fsp3) is 0. The molecule has 0 spiro atoms. The SMILES string of the molecule is [Se]=P(c1ccc2ccccc2c1)(c1ncc2ccccc2n1)c1cncc2c1c1ccccc1n1c3ccccc3nc21. The second-order valence-corrected chi connectivity index (χ2v) is 16.8. The number of fused-ring (bicyclic) bond motifs is 10. The molecule has 1 atom stereocenters. The fourth-order valence-electron chi connectivity index (χ4n) is 6.32. The van der Waals surface area contributed by atoms with Gasteiger partial charge in [0.05, 0.1) is 0 Å². The number of benzene rings is 5. The van der Waals surface area contributed by atoms with Gasteiger partial charge >= 0.3 is 255 Å². The van der Waals surface area contributed by atoms with Gasteiger partial charge in [0.1, 0.15) is 0 Å². The molecule has 0 saturated carbocycles. The normalized spacial score (nSPS) is 13.4. The number of nitrogens with zero attached hydrogens (tertiary/aromatic N) is 5. The summed E-state index contributed by atoms with van der Waals surface area (Å²) in [5, 5.41) is 8.94. The van der Waals surface area contributed by atoms with Crippen molar-refractivity contribution in [1.29, 1.82) is 0 Å². The second kappa shape index (κ2) is 9.39. The minimum absolute atomic E-state index is 0.785. The molecule has 5 aromatic carbocycles. The quantitative estimate of drug-likeness (QED) is 0.124. The van der Waals surface area contributed by atoms with Gasteiger partial charge in [-0.15, -0.1) is 0 Å². The van der Waals surface area contributed by atoms with Crippen LogP contribution in [0, 0.1) is 0 Å². The second-order valence-electron chi connectivity index (χ2n) is 10.7. The van der Waals surface area contributed by atoms with Gasteiger partial charge in [-0.05, 0) is 0 Å². The van der Waals surface area contributed by atoms with Crippen LogP contribution in [-0.2, 0) is 0 Å². The molecule has 4 aromatic heterocycles. The molecule has 43 heavy (non-hydrogen) atoms. The van der Waals surface area contributed by atoms with E-state index in [1.54, 1.807) is 0 Å². The van der Waals surface area contributed by atoms with E-state index in [1.807, 2.05) is 36.8 Å². The topological polar surface area (TPSA) is 56.0 Å². The van der Waals surface area contributed by atoms with Crippen molar-refractivity contribution in [3.63, 3.8) is 0 Å². The first-order valence-electron chi connectivity index (χ1n) is 14.1. The molecule has 1 unspecified atom stereocenters. The Bertz CT molecular complexity index is 2540. The molecule has 7 heteroatoms. The molecular formula is C36H22N5PSe. The van der Waals surface area contributed by atoms with Gasteiger partial charge in [-0.1, -0.05) is 0 Å². The maximum absolute atomic E-state index is 5.22. The molecule has 0 radical (unpaired) electrons. The van der Waals surface area contributed by atoms with E-state index < -0.39 is 5.51 Å². The summed E-state index contributed by atoms with van der Waals surface area (Å²) in [4.78, 5) is 20.3. The van der Waals surface area contributed by atoms with Crippen LogP contribution in [0.3, 0.4) is 0 Å². The first-order valence-corrected chi connectivity index (χ1v) is 18.1. The van der Waals surface area contributed by atoms with E-state index in [0.717, 1.165) is 65.4 Å². The number of hydrogen-bond acceptors (Lipinski definition) is 4. The van der Waals surface area contributed by atoms with Crippen molar-refractivity contribution in [3.8, 4) is 0 Å². The van der Waals surface area contributed by atoms with Gasteiger partial charge in [-0.2, -0.15) is 0 Å². The van der Waals surface area contributed by atoms with Crippen LogP contribution in [0.15, 0.2) is 134 Å². The summed E-state index contributed by atoms with van der Waals surface area (Å²) in [6.45, 7) is 0. The third kappa shape index (κ3) is 3.61. The van der Waals surface area contributed by atoms with E-state index in [9.17, 15) is 0 Å². The summed E-state index contributed by atoms with van der Waals surface area (Å²) in [5.41, 5.74) is 3.21. The van der Waals surface area contributed by atoms with Crippen molar-refractivity contribution in [1.82, 2.24) is 24.3 Å². The van der Waals surface area contributed by atoms with E-state index in [4.69, 9.17) is 19.9 Å². The van der Waals surface area contributed by atoms with E-state index in [0.29, 0.717) is 0 Å². The predicted molar refractivity (Wildman–Crippen MR) is 181 cm³/mol. The zero-order chi connectivity index (χ0) is 28.5. The molecule has 0 saturated heterocycles. The van der Waals surface area contributed by atoms with Crippen molar-refractivity contribution < 1.29 is 0 Å². The third-order valence-corrected chi connectivity index (χ3v) is 14.7. The van der Waals surface area contributed by atoms with Crippen LogP contribution in [0.5, 0.6) is 0 Å². The van der Waals surface area contributed by atoms with Gasteiger partial charge in [-0.25, -0.2) is 0 Å². The molecule has 0 aliphatic heterocycles. The summed E-state index contributed by atoms with van der Waals surface area (Å²) < 4.78 is 2.26. The van der Waals surface area contributed by atoms with Gasteiger partial charge in [0, 0.05) is 0 Å². The van der Waals surface area contributed by atoms with E-state index in [-0.39, 0.29) is 0 Å². The molecule has 9 aromatic rings. The Labute approximate surface area is 254 Å². The Kier molecular flexibility index (Phi) is 5.42. The number of pyridine rings is 2. The van der Waals surface area contributed by atoms with Gasteiger partial charge in [0.2, 0.25) is 0 Å². The molecule has 0 aliphatic rings. The van der Waals surface area contributed by atoms with Crippen molar-refractivity contribution in [3.05, 3.63) is 134 Å². The van der Waals surface area contributed by atoms with Crippen LogP contribution >= 0.6 is 5.51 Å². The Morgan fingerprint density at radius 3 is 2.19 bits per heavy atom. The van der Waals surface area contributed by atoms with Gasteiger partial charge in [0.15, 0.2) is 0 Å². The molecule has 5 nitrogen and oxygen atoms in total. The average molecular weight is 635 g/mol. The summed E-state index contributed by atoms with van der Waals surface area (Å²) in [5.74, 6) is 0. The van der Waals surface area contributed by atoms with Crippen molar-refractivity contribution >= 4 is 96.8 Å². The summed E-state index contributed by atoms with van der Waals surface area (Å²) in [7, 11) is 0. The van der Waals surface area contributed by atoms with Crippen LogP contribution in [0.1, 0.15) is 0 Å². The van der Waals surface area contributed by atoms with E-state index in [1.165, 1.54) is 10.8 Å². The summed E-state index contributed by atoms with van der Waals surface area (Å²) in [6, 6.07) is 40.3. The first-order chi connectivity index (χ1) is 21.2. The predicted octanol–water partition coefficient (Wildman–Crippen LogP) is 6.66. The standard InChI is InChI=1S/C36H22N5PSe/c43-42(26-18-17-23-9-1-2-10-24(23)19-26,36-38-20-25-11-3-5-13-29(25)40-36)33-22-37-21-28-34(33)27-12-4-7-15-31(27)41-32-16-8-6-14-30(32)39-35(28)41/h1-22H. The molecule has 4 heterocycles. The molecular weight excluding hydrogens is 612 g/mol. The van der Waals surface area contributed by atoms with Crippen LogP contribution in [0.4, 0.5) is 0 Å². The fourth-order valence-corrected chi connectivity index (χ4v) is 11.0. The summed E-state index contributed by atoms with van der Waals surface area (Å²) in [6.07, 6.45) is 5.92. The monoisotopic (exact) mass is 635 g/mol. The molecule has 0 amide bonds. The van der Waals surface area contributed by atoms with Crippen LogP contribution in [0.25, 0.3) is 60.0 Å². The molecule has 0 fully saturated rings. The first kappa shape index (κ1) is 24.8. The number of aromatic nitrogens is 5. The number of hydrogen-bond donors (Lipinski definition) is 0. The van der Waals surface area contributed by atoms with Gasteiger partial charge in [-0.3, -0.25) is 0 Å². The van der Waals surface area contributed by atoms with Gasteiger partial charge < -0.3 is 0 Å². The maximum atomic E-state index is 5.22. The Balaban J connectivity index is 1.47. The van der Waals surface area contributed by atoms with Gasteiger partial charge in [0.25, 0.3) is 0 Å². The zero-order valence-corrected chi connectivity index (χ0v) is 25.4. The summed E-state index contributed by atoms with van der Waals surface area (Å²) >= 11 is 3.72. The Morgan fingerprint density at radius 1 is 0.581 bits per heavy atom. The van der Waals surface area contributed by atoms with Crippen molar-refractivity contribution in [2.24, 2.45) is 0 Å². The number of rotatable bonds is 3. The molecule has 0 N–H and O–H groups in total. The van der Waals surface area contributed by atoms with Crippen molar-refractivity contribution in [2.75, 3.05) is 0 Å². The number of imidazole rings is 1. The van der Waals surface area contributed by atoms with E-state index >= 15 is 0 Å². The molecule has 0 bridgehead atoms. The Hall–Kier alpha value is -4.73. The average Bonchev–Trinajstić information content (AvgIpc) is 3.47. The van der Waals surface area contributed by atoms with E-state index in [2.05, 4.69) is 117 Å². The third-order valence-electron chi connectivity index (χ3n) is 8.34.